The average Bonchev–Trinajstić information content (AvgIpc) is 2.42. The van der Waals surface area contributed by atoms with Gasteiger partial charge >= 0.3 is 6.09 Å². The van der Waals surface area contributed by atoms with Gasteiger partial charge in [-0.05, 0) is 33.8 Å². The highest BCUT2D eigenvalue weighted by Gasteiger charge is 2.15. The number of anilines is 1. The largest absolute Gasteiger partial charge is 0.490 e. The number of nitrogens with one attached hydrogen (secondary N) is 1. The van der Waals surface area contributed by atoms with Crippen molar-refractivity contribution in [3.8, 4) is 11.5 Å². The summed E-state index contributed by atoms with van der Waals surface area (Å²) in [7, 11) is 1.60. The van der Waals surface area contributed by atoms with E-state index in [1.54, 1.807) is 33.1 Å². The summed E-state index contributed by atoms with van der Waals surface area (Å²) in [4.78, 5) is 11.7. The average molecular weight is 311 g/mol. The number of methoxy groups -OCH3 is 1. The van der Waals surface area contributed by atoms with E-state index < -0.39 is 6.09 Å². The Kier molecular flexibility index (Phi) is 7.52. The summed E-state index contributed by atoms with van der Waals surface area (Å²) in [6.45, 7) is 8.73. The first kappa shape index (κ1) is 18.1. The predicted molar refractivity (Wildman–Crippen MR) is 84.7 cm³/mol. The van der Waals surface area contributed by atoms with Gasteiger partial charge in [0.15, 0.2) is 11.5 Å². The number of carbonyl (C=O) groups is 1. The predicted octanol–water partition coefficient (Wildman–Crippen LogP) is 3.59. The minimum Gasteiger partial charge on any atom is -0.490 e. The van der Waals surface area contributed by atoms with Crippen LogP contribution < -0.4 is 14.8 Å². The summed E-state index contributed by atoms with van der Waals surface area (Å²) in [6.07, 6.45) is -0.697. The summed E-state index contributed by atoms with van der Waals surface area (Å²) >= 11 is 0. The van der Waals surface area contributed by atoms with E-state index in [0.29, 0.717) is 37.0 Å². The van der Waals surface area contributed by atoms with E-state index in [9.17, 15) is 4.79 Å². The Morgan fingerprint density at radius 2 is 1.86 bits per heavy atom. The van der Waals surface area contributed by atoms with Crippen molar-refractivity contribution in [3.63, 3.8) is 0 Å². The van der Waals surface area contributed by atoms with E-state index in [4.69, 9.17) is 18.9 Å². The van der Waals surface area contributed by atoms with Crippen LogP contribution in [0.3, 0.4) is 0 Å². The maximum Gasteiger partial charge on any atom is 0.411 e. The second kappa shape index (κ2) is 9.15. The zero-order chi connectivity index (χ0) is 16.5. The number of hydrogen-bond acceptors (Lipinski definition) is 5. The Morgan fingerprint density at radius 1 is 1.18 bits per heavy atom. The first-order valence-corrected chi connectivity index (χ1v) is 7.40. The van der Waals surface area contributed by atoms with Crippen LogP contribution in [0.5, 0.6) is 11.5 Å². The summed E-state index contributed by atoms with van der Waals surface area (Å²) in [5, 5.41) is 2.69. The lowest BCUT2D eigenvalue weighted by atomic mass is 10.1. The molecular formula is C16H25NO5. The van der Waals surface area contributed by atoms with Crippen LogP contribution in [0, 0.1) is 0 Å². The van der Waals surface area contributed by atoms with Gasteiger partial charge in [-0.3, -0.25) is 5.32 Å². The standard InChI is InChI=1S/C16H25NO5/c1-6-20-14-9-13(17-16(18)22-11(3)4)8-12(10-19-5)15(14)21-7-2/h8-9,11H,6-7,10H2,1-5H3,(H,17,18). The maximum atomic E-state index is 11.7. The molecule has 124 valence electrons. The summed E-state index contributed by atoms with van der Waals surface area (Å²) < 4.78 is 21.5. The number of carbonyl (C=O) groups excluding carboxylic acids is 1. The SMILES string of the molecule is CCOc1cc(NC(=O)OC(C)C)cc(COC)c1OCC. The van der Waals surface area contributed by atoms with Gasteiger partial charge in [-0.2, -0.15) is 0 Å². The topological polar surface area (TPSA) is 66.0 Å². The molecule has 0 unspecified atom stereocenters. The minimum absolute atomic E-state index is 0.187. The summed E-state index contributed by atoms with van der Waals surface area (Å²) in [6, 6.07) is 3.51. The molecule has 0 heterocycles. The van der Waals surface area contributed by atoms with Gasteiger partial charge in [0.1, 0.15) is 0 Å². The van der Waals surface area contributed by atoms with Crippen molar-refractivity contribution < 1.29 is 23.7 Å². The molecule has 0 fully saturated rings. The molecule has 0 aliphatic rings. The Balaban J connectivity index is 3.09. The highest BCUT2D eigenvalue weighted by molar-refractivity contribution is 5.85. The number of rotatable bonds is 8. The monoisotopic (exact) mass is 311 g/mol. The summed E-state index contributed by atoms with van der Waals surface area (Å²) in [5.74, 6) is 1.20. The fourth-order valence-electron chi connectivity index (χ4n) is 1.93. The Morgan fingerprint density at radius 3 is 2.41 bits per heavy atom. The lowest BCUT2D eigenvalue weighted by Gasteiger charge is -2.17. The van der Waals surface area contributed by atoms with Crippen molar-refractivity contribution in [3.05, 3.63) is 17.7 Å². The number of ether oxygens (including phenoxy) is 4. The Hall–Kier alpha value is -1.95. The van der Waals surface area contributed by atoms with Crippen LogP contribution in [0.15, 0.2) is 12.1 Å². The van der Waals surface area contributed by atoms with Crippen molar-refractivity contribution in [1.29, 1.82) is 0 Å². The third-order valence-corrected chi connectivity index (χ3v) is 2.61. The van der Waals surface area contributed by atoms with E-state index in [2.05, 4.69) is 5.32 Å². The van der Waals surface area contributed by atoms with Gasteiger partial charge in [-0.1, -0.05) is 0 Å². The third kappa shape index (κ3) is 5.44. The van der Waals surface area contributed by atoms with Crippen LogP contribution in [-0.4, -0.2) is 32.5 Å². The Labute approximate surface area is 131 Å². The van der Waals surface area contributed by atoms with E-state index >= 15 is 0 Å². The lowest BCUT2D eigenvalue weighted by molar-refractivity contribution is 0.130. The van der Waals surface area contributed by atoms with Crippen LogP contribution in [0.1, 0.15) is 33.3 Å². The molecule has 1 aromatic rings. The van der Waals surface area contributed by atoms with Crippen LogP contribution in [0.2, 0.25) is 0 Å². The second-order valence-corrected chi connectivity index (χ2v) is 4.84. The van der Waals surface area contributed by atoms with E-state index in [1.807, 2.05) is 13.8 Å². The van der Waals surface area contributed by atoms with Crippen molar-refractivity contribution in [2.75, 3.05) is 25.6 Å². The van der Waals surface area contributed by atoms with E-state index in [1.165, 1.54) is 0 Å². The summed E-state index contributed by atoms with van der Waals surface area (Å²) in [5.41, 5.74) is 1.37. The molecule has 0 atom stereocenters. The van der Waals surface area contributed by atoms with Crippen LogP contribution >= 0.6 is 0 Å². The molecule has 0 aliphatic heterocycles. The van der Waals surface area contributed by atoms with Gasteiger partial charge < -0.3 is 18.9 Å². The molecule has 0 aliphatic carbocycles. The molecule has 1 rings (SSSR count). The Bertz CT molecular complexity index is 460. The molecule has 0 spiro atoms. The van der Waals surface area contributed by atoms with Crippen molar-refractivity contribution in [2.45, 2.75) is 40.4 Å². The highest BCUT2D eigenvalue weighted by Crippen LogP contribution is 2.35. The molecule has 0 saturated carbocycles. The van der Waals surface area contributed by atoms with Gasteiger partial charge in [-0.15, -0.1) is 0 Å². The van der Waals surface area contributed by atoms with Gasteiger partial charge in [0.2, 0.25) is 0 Å². The molecular weight excluding hydrogens is 286 g/mol. The van der Waals surface area contributed by atoms with E-state index in [-0.39, 0.29) is 6.10 Å². The molecule has 6 heteroatoms. The molecule has 1 aromatic carbocycles. The van der Waals surface area contributed by atoms with Crippen LogP contribution in [0.25, 0.3) is 0 Å². The quantitative estimate of drug-likeness (QED) is 0.794. The fraction of sp³-hybridized carbons (Fsp3) is 0.562. The fourth-order valence-corrected chi connectivity index (χ4v) is 1.93. The van der Waals surface area contributed by atoms with Crippen LogP contribution in [0.4, 0.5) is 10.5 Å². The van der Waals surface area contributed by atoms with Crippen molar-refractivity contribution in [1.82, 2.24) is 0 Å². The molecule has 6 nitrogen and oxygen atoms in total. The first-order chi connectivity index (χ1) is 10.5. The molecule has 0 bridgehead atoms. The first-order valence-electron chi connectivity index (χ1n) is 7.40. The van der Waals surface area contributed by atoms with Crippen molar-refractivity contribution in [2.24, 2.45) is 0 Å². The van der Waals surface area contributed by atoms with Gasteiger partial charge in [0.05, 0.1) is 25.9 Å². The normalized spacial score (nSPS) is 10.5. The van der Waals surface area contributed by atoms with E-state index in [0.717, 1.165) is 5.56 Å². The second-order valence-electron chi connectivity index (χ2n) is 4.84. The lowest BCUT2D eigenvalue weighted by Crippen LogP contribution is -2.18. The number of hydrogen-bond donors (Lipinski definition) is 1. The molecule has 0 saturated heterocycles. The van der Waals surface area contributed by atoms with Crippen LogP contribution in [-0.2, 0) is 16.1 Å². The van der Waals surface area contributed by atoms with Crippen molar-refractivity contribution >= 4 is 11.8 Å². The zero-order valence-corrected chi connectivity index (χ0v) is 13.9. The molecule has 0 radical (unpaired) electrons. The minimum atomic E-state index is -0.509. The number of amides is 1. The zero-order valence-electron chi connectivity index (χ0n) is 13.9. The molecule has 22 heavy (non-hydrogen) atoms. The number of benzene rings is 1. The molecule has 0 aromatic heterocycles. The molecule has 1 amide bonds. The maximum absolute atomic E-state index is 11.7. The smallest absolute Gasteiger partial charge is 0.411 e. The van der Waals surface area contributed by atoms with Gasteiger partial charge in [0.25, 0.3) is 0 Å². The highest BCUT2D eigenvalue weighted by atomic mass is 16.6. The molecule has 1 N–H and O–H groups in total. The van der Waals surface area contributed by atoms with Gasteiger partial charge in [0, 0.05) is 24.4 Å². The third-order valence-electron chi connectivity index (χ3n) is 2.61. The van der Waals surface area contributed by atoms with Gasteiger partial charge in [-0.25, -0.2) is 4.79 Å².